The summed E-state index contributed by atoms with van der Waals surface area (Å²) in [4.78, 5) is 22.8. The van der Waals surface area contributed by atoms with Crippen LogP contribution in [-0.4, -0.2) is 42.1 Å². The molecule has 0 radical (unpaired) electrons. The predicted molar refractivity (Wildman–Crippen MR) is 88.8 cm³/mol. The molecule has 2 aromatic rings. The van der Waals surface area contributed by atoms with Gasteiger partial charge in [-0.3, -0.25) is 0 Å². The van der Waals surface area contributed by atoms with Crippen LogP contribution in [0.3, 0.4) is 0 Å². The van der Waals surface area contributed by atoms with E-state index < -0.39 is 30.7 Å². The van der Waals surface area contributed by atoms with Crippen LogP contribution in [0.1, 0.15) is 15.9 Å². The Hall–Kier alpha value is -2.64. The Bertz CT molecular complexity index is 706. The molecule has 0 aliphatic rings. The first kappa shape index (κ1) is 19.7. The molecule has 0 heterocycles. The highest BCUT2D eigenvalue weighted by molar-refractivity contribution is 5.89. The lowest BCUT2D eigenvalue weighted by atomic mass is 10.1. The van der Waals surface area contributed by atoms with E-state index >= 15 is 0 Å². The standard InChI is InChI=1S/C19H18F2O5/c20-19(21,17(11-22)25-12-14-7-3-1-4-8-14)16(23)13-26-18(24)15-9-5-2-6-10-15/h1-11,16-17,23H,12-13H2/t16-,17-/m1/s1. The molecule has 0 aliphatic heterocycles. The predicted octanol–water partition coefficient (Wildman–Crippen LogP) is 2.62. The number of rotatable bonds is 9. The molecule has 1 N–H and O–H groups in total. The minimum atomic E-state index is -3.92. The van der Waals surface area contributed by atoms with Crippen LogP contribution in [0.5, 0.6) is 0 Å². The molecule has 0 spiro atoms. The highest BCUT2D eigenvalue weighted by Crippen LogP contribution is 2.26. The molecule has 2 atom stereocenters. The molecule has 0 saturated carbocycles. The van der Waals surface area contributed by atoms with Crippen LogP contribution in [0.2, 0.25) is 0 Å². The zero-order chi connectivity index (χ0) is 19.0. The number of ether oxygens (including phenoxy) is 2. The molecular formula is C19H18F2O5. The van der Waals surface area contributed by atoms with E-state index in [4.69, 9.17) is 9.47 Å². The van der Waals surface area contributed by atoms with Gasteiger partial charge in [-0.15, -0.1) is 0 Å². The Kier molecular flexibility index (Phi) is 6.94. The van der Waals surface area contributed by atoms with Crippen molar-refractivity contribution < 1.29 is 33.0 Å². The maximum Gasteiger partial charge on any atom is 0.338 e. The average Bonchev–Trinajstić information content (AvgIpc) is 2.67. The maximum absolute atomic E-state index is 14.2. The third kappa shape index (κ3) is 5.18. The Morgan fingerprint density at radius 1 is 1.08 bits per heavy atom. The van der Waals surface area contributed by atoms with Crippen LogP contribution in [0.25, 0.3) is 0 Å². The van der Waals surface area contributed by atoms with Crippen molar-refractivity contribution in [1.82, 2.24) is 0 Å². The van der Waals surface area contributed by atoms with E-state index in [1.54, 1.807) is 48.5 Å². The minimum absolute atomic E-state index is 0.0782. The molecule has 0 fully saturated rings. The van der Waals surface area contributed by atoms with E-state index in [9.17, 15) is 23.5 Å². The maximum atomic E-state index is 14.2. The summed E-state index contributed by atoms with van der Waals surface area (Å²) in [6.45, 7) is -1.20. The van der Waals surface area contributed by atoms with Gasteiger partial charge in [0.25, 0.3) is 0 Å². The SMILES string of the molecule is O=C[C@@H](OCc1ccccc1)C(F)(F)[C@H](O)COC(=O)c1ccccc1. The molecular weight excluding hydrogens is 346 g/mol. The van der Waals surface area contributed by atoms with Gasteiger partial charge >= 0.3 is 11.9 Å². The third-order valence-corrected chi connectivity index (χ3v) is 3.60. The lowest BCUT2D eigenvalue weighted by Gasteiger charge is -2.27. The van der Waals surface area contributed by atoms with Crippen molar-refractivity contribution in [2.24, 2.45) is 0 Å². The van der Waals surface area contributed by atoms with Crippen LogP contribution in [-0.2, 0) is 20.9 Å². The van der Waals surface area contributed by atoms with Gasteiger partial charge in [0.2, 0.25) is 0 Å². The second-order valence-electron chi connectivity index (χ2n) is 5.51. The van der Waals surface area contributed by atoms with E-state index in [2.05, 4.69) is 0 Å². The number of aliphatic hydroxyl groups is 1. The van der Waals surface area contributed by atoms with Crippen molar-refractivity contribution >= 4 is 12.3 Å². The Balaban J connectivity index is 1.92. The van der Waals surface area contributed by atoms with Gasteiger partial charge in [-0.25, -0.2) is 13.6 Å². The number of esters is 1. The Morgan fingerprint density at radius 2 is 1.65 bits per heavy atom. The van der Waals surface area contributed by atoms with E-state index in [0.717, 1.165) is 0 Å². The summed E-state index contributed by atoms with van der Waals surface area (Å²) in [5.74, 6) is -4.78. The van der Waals surface area contributed by atoms with Crippen LogP contribution < -0.4 is 0 Å². The molecule has 2 aromatic carbocycles. The van der Waals surface area contributed by atoms with Crippen LogP contribution >= 0.6 is 0 Å². The average molecular weight is 364 g/mol. The van der Waals surface area contributed by atoms with Gasteiger partial charge in [0, 0.05) is 0 Å². The monoisotopic (exact) mass is 364 g/mol. The van der Waals surface area contributed by atoms with Crippen molar-refractivity contribution in [3.05, 3.63) is 71.8 Å². The number of carbonyl (C=O) groups is 2. The topological polar surface area (TPSA) is 72.8 Å². The van der Waals surface area contributed by atoms with Crippen molar-refractivity contribution in [2.75, 3.05) is 6.61 Å². The molecule has 26 heavy (non-hydrogen) atoms. The number of aldehydes is 1. The van der Waals surface area contributed by atoms with Gasteiger partial charge < -0.3 is 19.4 Å². The summed E-state index contributed by atoms with van der Waals surface area (Å²) >= 11 is 0. The summed E-state index contributed by atoms with van der Waals surface area (Å²) in [5.41, 5.74) is 0.760. The van der Waals surface area contributed by atoms with Gasteiger partial charge in [0.1, 0.15) is 6.61 Å². The molecule has 138 valence electrons. The number of halogens is 2. The fourth-order valence-corrected chi connectivity index (χ4v) is 2.11. The summed E-state index contributed by atoms with van der Waals surface area (Å²) in [6, 6.07) is 16.2. The number of hydrogen-bond acceptors (Lipinski definition) is 5. The fraction of sp³-hybridized carbons (Fsp3) is 0.263. The van der Waals surface area contributed by atoms with E-state index in [0.29, 0.717) is 5.56 Å². The lowest BCUT2D eigenvalue weighted by molar-refractivity contribution is -0.199. The van der Waals surface area contributed by atoms with Gasteiger partial charge in [-0.05, 0) is 17.7 Å². The fourth-order valence-electron chi connectivity index (χ4n) is 2.11. The van der Waals surface area contributed by atoms with Crippen LogP contribution in [0.4, 0.5) is 8.78 Å². The molecule has 0 saturated heterocycles. The first-order chi connectivity index (χ1) is 12.4. The Morgan fingerprint density at radius 3 is 2.23 bits per heavy atom. The molecule has 5 nitrogen and oxygen atoms in total. The first-order valence-electron chi connectivity index (χ1n) is 7.84. The molecule has 0 aliphatic carbocycles. The second-order valence-corrected chi connectivity index (χ2v) is 5.51. The van der Waals surface area contributed by atoms with Crippen molar-refractivity contribution in [3.63, 3.8) is 0 Å². The van der Waals surface area contributed by atoms with Crippen molar-refractivity contribution in [2.45, 2.75) is 24.7 Å². The number of alkyl halides is 2. The molecule has 0 unspecified atom stereocenters. The summed E-state index contributed by atoms with van der Waals surface area (Å²) < 4.78 is 38.1. The smallest absolute Gasteiger partial charge is 0.338 e. The highest BCUT2D eigenvalue weighted by Gasteiger charge is 2.48. The summed E-state index contributed by atoms with van der Waals surface area (Å²) in [6.07, 6.45) is -4.64. The number of carbonyl (C=O) groups excluding carboxylic acids is 2. The quantitative estimate of drug-likeness (QED) is 0.547. The normalized spacial score (nSPS) is 13.7. The molecule has 0 amide bonds. The Labute approximate surface area is 149 Å². The third-order valence-electron chi connectivity index (χ3n) is 3.60. The molecule has 7 heteroatoms. The second kappa shape index (κ2) is 9.17. The van der Waals surface area contributed by atoms with E-state index in [1.807, 2.05) is 0 Å². The number of aliphatic hydroxyl groups excluding tert-OH is 1. The minimum Gasteiger partial charge on any atom is -0.459 e. The van der Waals surface area contributed by atoms with Gasteiger partial charge in [0.05, 0.1) is 12.2 Å². The van der Waals surface area contributed by atoms with Crippen molar-refractivity contribution in [1.29, 1.82) is 0 Å². The van der Waals surface area contributed by atoms with Gasteiger partial charge in [0.15, 0.2) is 18.5 Å². The highest BCUT2D eigenvalue weighted by atomic mass is 19.3. The summed E-state index contributed by atoms with van der Waals surface area (Å²) in [7, 11) is 0. The van der Waals surface area contributed by atoms with Gasteiger partial charge in [-0.1, -0.05) is 48.5 Å². The zero-order valence-electron chi connectivity index (χ0n) is 13.8. The van der Waals surface area contributed by atoms with E-state index in [-0.39, 0.29) is 18.5 Å². The van der Waals surface area contributed by atoms with E-state index in [1.165, 1.54) is 12.1 Å². The van der Waals surface area contributed by atoms with Gasteiger partial charge in [-0.2, -0.15) is 0 Å². The van der Waals surface area contributed by atoms with Crippen LogP contribution in [0, 0.1) is 0 Å². The first-order valence-corrected chi connectivity index (χ1v) is 7.84. The lowest BCUT2D eigenvalue weighted by Crippen LogP contribution is -2.49. The largest absolute Gasteiger partial charge is 0.459 e. The number of hydrogen-bond donors (Lipinski definition) is 1. The molecule has 2 rings (SSSR count). The molecule has 0 bridgehead atoms. The zero-order valence-corrected chi connectivity index (χ0v) is 13.8. The van der Waals surface area contributed by atoms with Crippen LogP contribution in [0.15, 0.2) is 60.7 Å². The molecule has 0 aromatic heterocycles. The summed E-state index contributed by atoms with van der Waals surface area (Å²) in [5, 5.41) is 9.71. The van der Waals surface area contributed by atoms with Crippen molar-refractivity contribution in [3.8, 4) is 0 Å². The number of benzene rings is 2.